The molecule has 0 radical (unpaired) electrons. The lowest BCUT2D eigenvalue weighted by molar-refractivity contribution is -0.118. The predicted octanol–water partition coefficient (Wildman–Crippen LogP) is 3.16. The summed E-state index contributed by atoms with van der Waals surface area (Å²) in [7, 11) is 0. The van der Waals surface area contributed by atoms with Crippen LogP contribution in [0.15, 0.2) is 42.7 Å². The van der Waals surface area contributed by atoms with Crippen LogP contribution in [0, 0.1) is 6.92 Å². The maximum Gasteiger partial charge on any atom is 0.320 e. The molecule has 2 aromatic heterocycles. The summed E-state index contributed by atoms with van der Waals surface area (Å²) < 4.78 is 0. The average Bonchev–Trinajstić information content (AvgIpc) is 2.67. The largest absolute Gasteiger partial charge is 0.370 e. The lowest BCUT2D eigenvalue weighted by Crippen LogP contribution is -2.28. The van der Waals surface area contributed by atoms with Gasteiger partial charge in [-0.05, 0) is 60.5 Å². The summed E-state index contributed by atoms with van der Waals surface area (Å²) in [5, 5.41) is 7.44. The zero-order chi connectivity index (χ0) is 20.1. The molecule has 0 atom stereocenters. The number of urea groups is 1. The molecule has 0 spiro atoms. The van der Waals surface area contributed by atoms with Gasteiger partial charge in [0, 0.05) is 36.4 Å². The van der Waals surface area contributed by atoms with Crippen molar-refractivity contribution in [2.75, 3.05) is 11.9 Å². The first-order chi connectivity index (χ1) is 13.5. The normalized spacial score (nSPS) is 10.6. The van der Waals surface area contributed by atoms with Gasteiger partial charge in [0.1, 0.15) is 5.82 Å². The number of aryl methyl sites for hydroxylation is 2. The quantitative estimate of drug-likeness (QED) is 0.613. The van der Waals surface area contributed by atoms with E-state index in [1.807, 2.05) is 44.2 Å². The van der Waals surface area contributed by atoms with Gasteiger partial charge in [-0.2, -0.15) is 0 Å². The van der Waals surface area contributed by atoms with Gasteiger partial charge in [-0.1, -0.05) is 12.1 Å². The molecule has 144 valence electrons. The molecular weight excluding hydrogens is 354 g/mol. The van der Waals surface area contributed by atoms with Crippen LogP contribution in [0.1, 0.15) is 24.6 Å². The van der Waals surface area contributed by atoms with E-state index in [1.54, 1.807) is 12.4 Å². The molecule has 7 nitrogen and oxygen atoms in total. The van der Waals surface area contributed by atoms with Gasteiger partial charge in [-0.25, -0.2) is 9.78 Å². The van der Waals surface area contributed by atoms with Crippen LogP contribution in [0.5, 0.6) is 0 Å². The molecule has 2 heterocycles. The highest BCUT2D eigenvalue weighted by molar-refractivity contribution is 6.00. The minimum absolute atomic E-state index is 0.260. The van der Waals surface area contributed by atoms with Crippen molar-refractivity contribution in [2.24, 2.45) is 5.73 Å². The van der Waals surface area contributed by atoms with Crippen LogP contribution in [0.2, 0.25) is 0 Å². The number of rotatable bonds is 6. The van der Waals surface area contributed by atoms with Crippen LogP contribution in [-0.2, 0) is 11.2 Å². The standard InChI is InChI=1S/C21H23N5O2/c1-3-23-21(28)26-20-11-17-16(6-4-13(2)18(17)12-25-20)14-8-9-24-15(10-14)5-7-19(22)27/h4,6,8-12H,3,5,7H2,1-2H3,(H2,22,27)(H2,23,25,26,28). The van der Waals surface area contributed by atoms with Gasteiger partial charge >= 0.3 is 6.03 Å². The van der Waals surface area contributed by atoms with E-state index >= 15 is 0 Å². The molecule has 3 rings (SSSR count). The number of hydrogen-bond donors (Lipinski definition) is 3. The minimum Gasteiger partial charge on any atom is -0.370 e. The van der Waals surface area contributed by atoms with Gasteiger partial charge in [0.2, 0.25) is 5.91 Å². The first-order valence-corrected chi connectivity index (χ1v) is 9.15. The predicted molar refractivity (Wildman–Crippen MR) is 110 cm³/mol. The number of pyridine rings is 2. The van der Waals surface area contributed by atoms with E-state index in [-0.39, 0.29) is 18.4 Å². The Labute approximate surface area is 163 Å². The highest BCUT2D eigenvalue weighted by Crippen LogP contribution is 2.32. The number of nitrogens with zero attached hydrogens (tertiary/aromatic N) is 2. The van der Waals surface area contributed by atoms with E-state index in [0.717, 1.165) is 33.2 Å². The lowest BCUT2D eigenvalue weighted by Gasteiger charge is -2.12. The fraction of sp³-hybridized carbons (Fsp3) is 0.238. The Morgan fingerprint density at radius 1 is 1.11 bits per heavy atom. The second-order valence-corrected chi connectivity index (χ2v) is 6.53. The van der Waals surface area contributed by atoms with Crippen molar-refractivity contribution in [3.63, 3.8) is 0 Å². The second-order valence-electron chi connectivity index (χ2n) is 6.53. The van der Waals surface area contributed by atoms with E-state index in [0.29, 0.717) is 18.8 Å². The monoisotopic (exact) mass is 377 g/mol. The highest BCUT2D eigenvalue weighted by Gasteiger charge is 2.10. The van der Waals surface area contributed by atoms with Crippen LogP contribution in [0.25, 0.3) is 21.9 Å². The van der Waals surface area contributed by atoms with Gasteiger partial charge in [0.15, 0.2) is 0 Å². The van der Waals surface area contributed by atoms with Crippen molar-refractivity contribution in [3.05, 3.63) is 54.0 Å². The molecule has 0 saturated heterocycles. The van der Waals surface area contributed by atoms with Crippen molar-refractivity contribution in [1.82, 2.24) is 15.3 Å². The third kappa shape index (κ3) is 4.43. The topological polar surface area (TPSA) is 110 Å². The first kappa shape index (κ1) is 19.3. The summed E-state index contributed by atoms with van der Waals surface area (Å²) in [6, 6.07) is 9.55. The van der Waals surface area contributed by atoms with Crippen LogP contribution < -0.4 is 16.4 Å². The van der Waals surface area contributed by atoms with E-state index in [2.05, 4.69) is 20.6 Å². The number of nitrogens with two attached hydrogens (primary N) is 1. The summed E-state index contributed by atoms with van der Waals surface area (Å²) in [5.41, 5.74) is 9.13. The lowest BCUT2D eigenvalue weighted by atomic mass is 9.96. The number of carbonyl (C=O) groups is 2. The molecule has 7 heteroatoms. The van der Waals surface area contributed by atoms with Crippen LogP contribution in [-0.4, -0.2) is 28.5 Å². The zero-order valence-electron chi connectivity index (χ0n) is 16.0. The number of nitrogens with one attached hydrogen (secondary N) is 2. The molecular formula is C21H23N5O2. The number of benzene rings is 1. The molecule has 4 N–H and O–H groups in total. The third-order valence-corrected chi connectivity index (χ3v) is 4.45. The van der Waals surface area contributed by atoms with Crippen molar-refractivity contribution in [3.8, 4) is 11.1 Å². The molecule has 1 aromatic carbocycles. The van der Waals surface area contributed by atoms with Gasteiger partial charge in [0.05, 0.1) is 0 Å². The number of aromatic nitrogens is 2. The van der Waals surface area contributed by atoms with Crippen LogP contribution >= 0.6 is 0 Å². The Kier molecular flexibility index (Phi) is 5.84. The van der Waals surface area contributed by atoms with E-state index in [9.17, 15) is 9.59 Å². The Morgan fingerprint density at radius 2 is 1.93 bits per heavy atom. The fourth-order valence-corrected chi connectivity index (χ4v) is 3.06. The van der Waals surface area contributed by atoms with Crippen molar-refractivity contribution >= 4 is 28.5 Å². The SMILES string of the molecule is CCNC(=O)Nc1cc2c(-c3ccnc(CCC(N)=O)c3)ccc(C)c2cn1. The molecule has 0 aliphatic carbocycles. The van der Waals surface area contributed by atoms with E-state index < -0.39 is 0 Å². The Morgan fingerprint density at radius 3 is 2.68 bits per heavy atom. The highest BCUT2D eigenvalue weighted by atomic mass is 16.2. The van der Waals surface area contributed by atoms with Crippen LogP contribution in [0.3, 0.4) is 0 Å². The summed E-state index contributed by atoms with van der Waals surface area (Å²) in [6.07, 6.45) is 4.26. The Balaban J connectivity index is 2.03. The van der Waals surface area contributed by atoms with Crippen molar-refractivity contribution in [1.29, 1.82) is 0 Å². The molecule has 0 aliphatic rings. The molecule has 0 unspecified atom stereocenters. The number of anilines is 1. The minimum atomic E-state index is -0.347. The number of primary amides is 1. The van der Waals surface area contributed by atoms with Gasteiger partial charge in [-0.15, -0.1) is 0 Å². The van der Waals surface area contributed by atoms with E-state index in [4.69, 9.17) is 5.73 Å². The molecule has 28 heavy (non-hydrogen) atoms. The third-order valence-electron chi connectivity index (χ3n) is 4.45. The summed E-state index contributed by atoms with van der Waals surface area (Å²) in [4.78, 5) is 31.6. The summed E-state index contributed by atoms with van der Waals surface area (Å²) in [5.74, 6) is 0.133. The Bertz CT molecular complexity index is 1030. The molecule has 3 aromatic rings. The van der Waals surface area contributed by atoms with Gasteiger partial charge in [0.25, 0.3) is 0 Å². The summed E-state index contributed by atoms with van der Waals surface area (Å²) in [6.45, 7) is 4.42. The molecule has 0 aliphatic heterocycles. The van der Waals surface area contributed by atoms with Gasteiger partial charge < -0.3 is 11.1 Å². The number of amides is 3. The van der Waals surface area contributed by atoms with Crippen molar-refractivity contribution < 1.29 is 9.59 Å². The number of hydrogen-bond acceptors (Lipinski definition) is 4. The Hall–Kier alpha value is -3.48. The van der Waals surface area contributed by atoms with Gasteiger partial charge in [-0.3, -0.25) is 15.1 Å². The summed E-state index contributed by atoms with van der Waals surface area (Å²) >= 11 is 0. The molecule has 0 bridgehead atoms. The number of carbonyl (C=O) groups excluding carboxylic acids is 2. The maximum atomic E-state index is 11.8. The zero-order valence-corrected chi connectivity index (χ0v) is 16.0. The van der Waals surface area contributed by atoms with Crippen molar-refractivity contribution in [2.45, 2.75) is 26.7 Å². The fourth-order valence-electron chi connectivity index (χ4n) is 3.06. The maximum absolute atomic E-state index is 11.8. The molecule has 0 fully saturated rings. The van der Waals surface area contributed by atoms with E-state index in [1.165, 1.54) is 0 Å². The average molecular weight is 377 g/mol. The first-order valence-electron chi connectivity index (χ1n) is 9.15. The molecule has 0 saturated carbocycles. The van der Waals surface area contributed by atoms with Crippen LogP contribution in [0.4, 0.5) is 10.6 Å². The second kappa shape index (κ2) is 8.47. The number of fused-ring (bicyclic) bond motifs is 1. The molecule has 3 amide bonds. The smallest absolute Gasteiger partial charge is 0.320 e.